The Morgan fingerprint density at radius 3 is 1.39 bits per heavy atom. The number of hydrogen-bond acceptors (Lipinski definition) is 3. The fourth-order valence-electron chi connectivity index (χ4n) is 13.3. The lowest BCUT2D eigenvalue weighted by molar-refractivity contribution is 0.590. The maximum Gasteiger partial charge on any atom is 0.264 e. The molecular formula is C78H71BN2S. The summed E-state index contributed by atoms with van der Waals surface area (Å²) in [4.78, 5) is 5.29. The third-order valence-corrected chi connectivity index (χ3v) is 19.1. The summed E-state index contributed by atoms with van der Waals surface area (Å²) in [5, 5.41) is 8.98. The molecule has 4 heteroatoms. The van der Waals surface area contributed by atoms with E-state index in [-0.39, 0.29) is 28.4 Å². The van der Waals surface area contributed by atoms with Crippen molar-refractivity contribution in [3.63, 3.8) is 0 Å². The highest BCUT2D eigenvalue weighted by Gasteiger charge is 2.46. The molecule has 0 aliphatic carbocycles. The van der Waals surface area contributed by atoms with Crippen LogP contribution < -0.4 is 25.5 Å². The van der Waals surface area contributed by atoms with Crippen molar-refractivity contribution in [2.24, 2.45) is 0 Å². The molecule has 3 heterocycles. The lowest BCUT2D eigenvalue weighted by Crippen LogP contribution is -2.60. The van der Waals surface area contributed by atoms with Gasteiger partial charge >= 0.3 is 0 Å². The van der Waals surface area contributed by atoms with Crippen molar-refractivity contribution in [1.29, 1.82) is 0 Å². The quantitative estimate of drug-likeness (QED) is 0.125. The number of hydrogen-bond donors (Lipinski definition) is 0. The first-order chi connectivity index (χ1) is 39.2. The summed E-state index contributed by atoms with van der Waals surface area (Å²) in [6, 6.07) is 82.0. The van der Waals surface area contributed by atoms with Crippen molar-refractivity contribution < 1.29 is 0 Å². The molecular weight excluding hydrogens is 1010 g/mol. The molecule has 11 aromatic carbocycles. The number of anilines is 6. The van der Waals surface area contributed by atoms with Crippen molar-refractivity contribution in [3.8, 4) is 33.4 Å². The van der Waals surface area contributed by atoms with E-state index in [1.165, 1.54) is 142 Å². The number of nitrogens with zero attached hydrogens (tertiary/aromatic N) is 2. The zero-order chi connectivity index (χ0) is 56.8. The molecule has 0 saturated heterocycles. The van der Waals surface area contributed by atoms with Gasteiger partial charge in [0.1, 0.15) is 0 Å². The molecule has 12 aromatic rings. The molecule has 0 N–H and O–H groups in total. The van der Waals surface area contributed by atoms with Gasteiger partial charge in [-0.3, -0.25) is 0 Å². The zero-order valence-corrected chi connectivity index (χ0v) is 50.4. The van der Waals surface area contributed by atoms with Crippen molar-refractivity contribution in [2.75, 3.05) is 9.80 Å². The van der Waals surface area contributed by atoms with Gasteiger partial charge in [0.2, 0.25) is 0 Å². The normalized spacial score (nSPS) is 13.5. The van der Waals surface area contributed by atoms with E-state index in [1.54, 1.807) is 0 Å². The standard InChI is InChI=1S/C78H71BN2S/c1-75(2,3)52-34-28-48(29-35-52)50-33-41-68-65(45-50)79-72-69(80(68)67-42-38-54(77(7,8)9)46-62(67)51-32-40-61-59-23-14-13-21-57(59)58-22-15-16-24-60(58)63(61)44-51)26-19-27-70(72)81(73-64-47-55(78(10,11)12)39-43-71(64)82-74(73)79)66-25-18-17-20-56(66)49-30-36-53(37-31-49)76(4,5)6/h13-47H,1-12H3. The van der Waals surface area contributed by atoms with Gasteiger partial charge in [-0.25, -0.2) is 0 Å². The van der Waals surface area contributed by atoms with E-state index in [9.17, 15) is 0 Å². The van der Waals surface area contributed by atoms with Crippen molar-refractivity contribution >= 4 is 110 Å². The van der Waals surface area contributed by atoms with E-state index in [4.69, 9.17) is 0 Å². The fraction of sp³-hybridized carbons (Fsp3) is 0.205. The van der Waals surface area contributed by atoms with Crippen LogP contribution in [0, 0.1) is 0 Å². The molecule has 402 valence electrons. The molecule has 0 spiro atoms. The summed E-state index contributed by atoms with van der Waals surface area (Å²) in [5.74, 6) is 0. The van der Waals surface area contributed by atoms with E-state index < -0.39 is 0 Å². The monoisotopic (exact) mass is 1080 g/mol. The summed E-state index contributed by atoms with van der Waals surface area (Å²) in [5.41, 5.74) is 22.4. The molecule has 0 saturated carbocycles. The minimum atomic E-state index is -0.0906. The largest absolute Gasteiger partial charge is 0.311 e. The van der Waals surface area contributed by atoms with Crippen LogP contribution in [0.2, 0.25) is 0 Å². The lowest BCUT2D eigenvalue weighted by atomic mass is 9.36. The molecule has 0 bridgehead atoms. The Balaban J connectivity index is 1.07. The summed E-state index contributed by atoms with van der Waals surface area (Å²) in [6.07, 6.45) is 0. The first kappa shape index (κ1) is 51.9. The van der Waals surface area contributed by atoms with Crippen LogP contribution in [0.4, 0.5) is 34.1 Å². The number of benzene rings is 11. The van der Waals surface area contributed by atoms with E-state index in [2.05, 4.69) is 305 Å². The Hall–Kier alpha value is -8.18. The first-order valence-electron chi connectivity index (χ1n) is 29.4. The van der Waals surface area contributed by atoms with Crippen LogP contribution >= 0.6 is 11.3 Å². The minimum Gasteiger partial charge on any atom is -0.311 e. The SMILES string of the molecule is CC(C)(C)c1ccc(-c2ccc3c(c2)B2c4sc5ccc(C(C)(C)C)cc5c4N(c4ccccc4-c4ccc(C(C)(C)C)cc4)c4cccc(c42)N3c2ccc(C(C)(C)C)cc2-c2ccc3c4ccccc4c4ccccc4c3c2)cc1. The van der Waals surface area contributed by atoms with Gasteiger partial charge in [-0.2, -0.15) is 0 Å². The highest BCUT2D eigenvalue weighted by molar-refractivity contribution is 7.33. The van der Waals surface area contributed by atoms with Crippen LogP contribution in [-0.4, -0.2) is 6.71 Å². The first-order valence-corrected chi connectivity index (χ1v) is 30.3. The highest BCUT2D eigenvalue weighted by atomic mass is 32.1. The second-order valence-corrected chi connectivity index (χ2v) is 28.5. The third-order valence-electron chi connectivity index (χ3n) is 17.9. The topological polar surface area (TPSA) is 6.48 Å². The molecule has 2 aliphatic rings. The van der Waals surface area contributed by atoms with Crippen LogP contribution in [0.15, 0.2) is 212 Å². The predicted molar refractivity (Wildman–Crippen MR) is 359 cm³/mol. The van der Waals surface area contributed by atoms with Crippen LogP contribution in [-0.2, 0) is 21.7 Å². The van der Waals surface area contributed by atoms with Gasteiger partial charge in [0.25, 0.3) is 6.71 Å². The van der Waals surface area contributed by atoms with Crippen LogP contribution in [0.5, 0.6) is 0 Å². The molecule has 0 atom stereocenters. The zero-order valence-electron chi connectivity index (χ0n) is 49.6. The van der Waals surface area contributed by atoms with Gasteiger partial charge in [-0.05, 0) is 164 Å². The number of fused-ring (bicyclic) bond motifs is 12. The van der Waals surface area contributed by atoms with E-state index in [0.717, 1.165) is 5.69 Å². The smallest absolute Gasteiger partial charge is 0.264 e. The summed E-state index contributed by atoms with van der Waals surface area (Å²) >= 11 is 1.98. The van der Waals surface area contributed by atoms with Crippen LogP contribution in [0.25, 0.3) is 75.8 Å². The lowest BCUT2D eigenvalue weighted by Gasteiger charge is -2.44. The second kappa shape index (κ2) is 18.7. The summed E-state index contributed by atoms with van der Waals surface area (Å²) in [7, 11) is 0. The average molecular weight is 1080 g/mol. The minimum absolute atomic E-state index is 0.0398. The maximum atomic E-state index is 2.66. The van der Waals surface area contributed by atoms with Crippen molar-refractivity contribution in [2.45, 2.75) is 105 Å². The van der Waals surface area contributed by atoms with Gasteiger partial charge < -0.3 is 9.80 Å². The average Bonchev–Trinajstić information content (AvgIpc) is 1.78. The predicted octanol–water partition coefficient (Wildman–Crippen LogP) is 20.6. The van der Waals surface area contributed by atoms with Crippen molar-refractivity contribution in [3.05, 3.63) is 235 Å². The van der Waals surface area contributed by atoms with E-state index in [1.807, 2.05) is 11.3 Å². The Morgan fingerprint density at radius 1 is 0.305 bits per heavy atom. The second-order valence-electron chi connectivity index (χ2n) is 27.4. The molecule has 0 fully saturated rings. The third kappa shape index (κ3) is 8.42. The van der Waals surface area contributed by atoms with Crippen LogP contribution in [0.3, 0.4) is 0 Å². The molecule has 0 radical (unpaired) electrons. The van der Waals surface area contributed by atoms with E-state index in [0.29, 0.717) is 0 Å². The molecule has 1 aromatic heterocycles. The number of para-hydroxylation sites is 1. The summed E-state index contributed by atoms with van der Waals surface area (Å²) in [6.45, 7) is 27.8. The highest BCUT2D eigenvalue weighted by Crippen LogP contribution is 2.52. The van der Waals surface area contributed by atoms with Gasteiger partial charge in [0, 0.05) is 43.1 Å². The van der Waals surface area contributed by atoms with Crippen LogP contribution in [0.1, 0.15) is 105 Å². The van der Waals surface area contributed by atoms with Crippen molar-refractivity contribution in [1.82, 2.24) is 0 Å². The Bertz CT molecular complexity index is 4520. The Kier molecular flexibility index (Phi) is 11.8. The maximum absolute atomic E-state index is 2.66. The van der Waals surface area contributed by atoms with Gasteiger partial charge in [0.15, 0.2) is 0 Å². The Labute approximate surface area is 489 Å². The molecule has 0 unspecified atom stereocenters. The Morgan fingerprint density at radius 2 is 0.768 bits per heavy atom. The van der Waals surface area contributed by atoms with E-state index >= 15 is 0 Å². The fourth-order valence-corrected chi connectivity index (χ4v) is 14.6. The number of thiophene rings is 1. The molecule has 0 amide bonds. The van der Waals surface area contributed by atoms with Gasteiger partial charge in [-0.1, -0.05) is 241 Å². The molecule has 14 rings (SSSR count). The van der Waals surface area contributed by atoms with Gasteiger partial charge in [0.05, 0.1) is 17.1 Å². The molecule has 2 aliphatic heterocycles. The molecule has 82 heavy (non-hydrogen) atoms. The molecule has 2 nitrogen and oxygen atoms in total. The summed E-state index contributed by atoms with van der Waals surface area (Å²) < 4.78 is 2.68. The van der Waals surface area contributed by atoms with Gasteiger partial charge in [-0.15, -0.1) is 11.3 Å². The number of rotatable bonds is 5.